The minimum absolute atomic E-state index is 0.169. The van der Waals surface area contributed by atoms with Crippen LogP contribution in [0.2, 0.25) is 3.67 Å². The predicted molar refractivity (Wildman–Crippen MR) is 123 cm³/mol. The molecular formula is C22H48NaO4P. The van der Waals surface area contributed by atoms with Crippen molar-refractivity contribution >= 4 is 35.8 Å². The Morgan fingerprint density at radius 1 is 0.607 bits per heavy atom. The van der Waals surface area contributed by atoms with Gasteiger partial charge >= 0.3 is 59.2 Å². The number of phosphoric ester groups is 1. The second kappa shape index (κ2) is 26.1. The fraction of sp³-hybridized carbons (Fsp3) is 1.00. The molecule has 0 atom stereocenters. The predicted octanol–water partition coefficient (Wildman–Crippen LogP) is 7.73. The molecule has 0 aliphatic rings. The van der Waals surface area contributed by atoms with E-state index >= 15 is 0 Å². The molecule has 0 spiro atoms. The second-order valence-electron chi connectivity index (χ2n) is 7.98. The van der Waals surface area contributed by atoms with E-state index in [1.165, 1.54) is 128 Å². The average molecular weight is 431 g/mol. The molecule has 0 saturated heterocycles. The first-order chi connectivity index (χ1) is 13.5. The first kappa shape index (κ1) is 31.3. The maximum absolute atomic E-state index is 10.5. The summed E-state index contributed by atoms with van der Waals surface area (Å²) in [5, 5.41) is 0. The first-order valence-corrected chi connectivity index (χ1v) is 15.1. The number of unbranched alkanes of at least 4 members (excludes halogenated alkanes) is 16. The Bertz CT molecular complexity index is 322. The monoisotopic (exact) mass is 430 g/mol. The van der Waals surface area contributed by atoms with Gasteiger partial charge in [-0.2, -0.15) is 0 Å². The van der Waals surface area contributed by atoms with Crippen molar-refractivity contribution in [3.05, 3.63) is 0 Å². The van der Waals surface area contributed by atoms with Crippen LogP contribution >= 0.6 is 7.82 Å². The number of rotatable bonds is 20. The van der Waals surface area contributed by atoms with E-state index in [1.807, 2.05) is 0 Å². The van der Waals surface area contributed by atoms with Gasteiger partial charge in [0, 0.05) is 0 Å². The van der Waals surface area contributed by atoms with Gasteiger partial charge in [0.25, 0.3) is 0 Å². The number of hydrogen-bond donors (Lipinski definition) is 2. The van der Waals surface area contributed by atoms with Crippen molar-refractivity contribution in [3.8, 4) is 0 Å². The van der Waals surface area contributed by atoms with Gasteiger partial charge in [0.05, 0.1) is 6.61 Å². The molecule has 28 heavy (non-hydrogen) atoms. The topological polar surface area (TPSA) is 66.8 Å². The molecule has 0 fully saturated rings. The van der Waals surface area contributed by atoms with Crippen molar-refractivity contribution in [3.63, 3.8) is 0 Å². The summed E-state index contributed by atoms with van der Waals surface area (Å²) in [6.45, 7) is 4.67. The third-order valence-electron chi connectivity index (χ3n) is 4.96. The minimum atomic E-state index is -4.26. The zero-order valence-electron chi connectivity index (χ0n) is 19.3. The molecule has 6 heteroatoms. The molecule has 0 aliphatic heterocycles. The van der Waals surface area contributed by atoms with Gasteiger partial charge in [-0.05, 0) is 6.42 Å². The van der Waals surface area contributed by atoms with Crippen LogP contribution in [0.4, 0.5) is 0 Å². The average Bonchev–Trinajstić information content (AvgIpc) is 2.64. The molecule has 0 bridgehead atoms. The Kier molecular flexibility index (Phi) is 29.2. The molecule has 0 aromatic rings. The molecule has 0 rings (SSSR count). The van der Waals surface area contributed by atoms with Crippen molar-refractivity contribution in [2.45, 2.75) is 133 Å². The van der Waals surface area contributed by atoms with E-state index in [1.54, 1.807) is 0 Å². The zero-order valence-corrected chi connectivity index (χ0v) is 22.2. The van der Waals surface area contributed by atoms with Gasteiger partial charge in [-0.3, -0.25) is 4.52 Å². The van der Waals surface area contributed by atoms with Crippen LogP contribution in [0.3, 0.4) is 0 Å². The molecule has 0 radical (unpaired) electrons. The Labute approximate surface area is 193 Å². The van der Waals surface area contributed by atoms with Crippen molar-refractivity contribution in [1.29, 1.82) is 0 Å². The van der Waals surface area contributed by atoms with Gasteiger partial charge in [-0.1, -0.05) is 103 Å². The van der Waals surface area contributed by atoms with Gasteiger partial charge in [-0.15, -0.1) is 0 Å². The summed E-state index contributed by atoms with van der Waals surface area (Å²) in [5.74, 6) is 0. The van der Waals surface area contributed by atoms with Crippen molar-refractivity contribution in [1.82, 2.24) is 0 Å². The summed E-state index contributed by atoms with van der Waals surface area (Å²) >= 11 is 1.40. The van der Waals surface area contributed by atoms with Crippen LogP contribution in [0, 0.1) is 0 Å². The van der Waals surface area contributed by atoms with E-state index in [9.17, 15) is 4.57 Å². The van der Waals surface area contributed by atoms with E-state index in [0.29, 0.717) is 0 Å². The van der Waals surface area contributed by atoms with E-state index < -0.39 is 7.82 Å². The van der Waals surface area contributed by atoms with Gasteiger partial charge < -0.3 is 9.79 Å². The number of phosphoric acid groups is 1. The van der Waals surface area contributed by atoms with Gasteiger partial charge in [-0.25, -0.2) is 4.57 Å². The van der Waals surface area contributed by atoms with Crippen LogP contribution in [-0.2, 0) is 9.09 Å². The van der Waals surface area contributed by atoms with Gasteiger partial charge in [0.2, 0.25) is 0 Å². The number of hydrogen-bond acceptors (Lipinski definition) is 2. The van der Waals surface area contributed by atoms with Crippen LogP contribution < -0.4 is 0 Å². The standard InChI is InChI=1S/C18H39O4P.C4H9.Na/c1-2-3-4-5-6-7-8-9-10-11-12-13-14-15-16-17-18-22-23(19,20)21;1-3-4-2;/h2-18H2,1H3,(H2,19,20,21);1,3-4H2,2H3;. The summed E-state index contributed by atoms with van der Waals surface area (Å²) in [5.41, 5.74) is 0. The van der Waals surface area contributed by atoms with Crippen molar-refractivity contribution < 1.29 is 18.9 Å². The van der Waals surface area contributed by atoms with Crippen LogP contribution in [0.25, 0.3) is 0 Å². The van der Waals surface area contributed by atoms with Crippen LogP contribution in [-0.4, -0.2) is 44.3 Å². The Hall–Kier alpha value is 1.11. The normalized spacial score (nSPS) is 11.4. The molecule has 0 aromatic heterocycles. The van der Waals surface area contributed by atoms with Crippen LogP contribution in [0.5, 0.6) is 0 Å². The molecule has 166 valence electrons. The SMILES string of the molecule is CCCCCCCCCCCCCCCCCCOP(=O)(O)O.CCC[CH2][Na]. The molecular weight excluding hydrogens is 382 g/mol. The van der Waals surface area contributed by atoms with E-state index in [0.717, 1.165) is 19.3 Å². The summed E-state index contributed by atoms with van der Waals surface area (Å²) in [7, 11) is -4.26. The molecule has 0 amide bonds. The molecule has 0 aromatic carbocycles. The molecule has 4 nitrogen and oxygen atoms in total. The Balaban J connectivity index is 0. The van der Waals surface area contributed by atoms with E-state index in [4.69, 9.17) is 9.79 Å². The summed E-state index contributed by atoms with van der Waals surface area (Å²) < 4.78 is 16.4. The Morgan fingerprint density at radius 3 is 1.18 bits per heavy atom. The molecule has 0 unspecified atom stereocenters. The van der Waals surface area contributed by atoms with Crippen molar-refractivity contribution in [2.75, 3.05) is 6.61 Å². The van der Waals surface area contributed by atoms with E-state index in [-0.39, 0.29) is 6.61 Å². The summed E-state index contributed by atoms with van der Waals surface area (Å²) in [6, 6.07) is 0. The summed E-state index contributed by atoms with van der Waals surface area (Å²) in [6.07, 6.45) is 23.5. The maximum atomic E-state index is 10.5. The molecule has 2 N–H and O–H groups in total. The van der Waals surface area contributed by atoms with Crippen molar-refractivity contribution in [2.24, 2.45) is 0 Å². The fourth-order valence-corrected chi connectivity index (χ4v) is 4.26. The first-order valence-electron chi connectivity index (χ1n) is 12.2. The third-order valence-corrected chi connectivity index (χ3v) is 6.19. The summed E-state index contributed by atoms with van der Waals surface area (Å²) in [4.78, 5) is 17.1. The zero-order chi connectivity index (χ0) is 21.3. The fourth-order valence-electron chi connectivity index (χ4n) is 3.19. The van der Waals surface area contributed by atoms with Gasteiger partial charge in [0.1, 0.15) is 0 Å². The molecule has 0 aliphatic carbocycles. The third kappa shape index (κ3) is 34.6. The van der Waals surface area contributed by atoms with Gasteiger partial charge in [0.15, 0.2) is 0 Å². The second-order valence-corrected chi connectivity index (χ2v) is 10.2. The van der Waals surface area contributed by atoms with E-state index in [2.05, 4.69) is 18.4 Å². The van der Waals surface area contributed by atoms with Crippen LogP contribution in [0.1, 0.15) is 129 Å². The van der Waals surface area contributed by atoms with Crippen LogP contribution in [0.15, 0.2) is 0 Å². The Morgan fingerprint density at radius 2 is 0.929 bits per heavy atom. The molecule has 0 heterocycles. The quantitative estimate of drug-likeness (QED) is 0.118. The molecule has 0 saturated carbocycles.